The van der Waals surface area contributed by atoms with Crippen LogP contribution in [0.5, 0.6) is 0 Å². The van der Waals surface area contributed by atoms with Crippen molar-refractivity contribution in [2.45, 2.75) is 32.5 Å². The number of imidazole rings is 1. The number of hydrogen-bond acceptors (Lipinski definition) is 6. The largest absolute Gasteiger partial charge is 0.375 e. The quantitative estimate of drug-likeness (QED) is 0.564. The fourth-order valence-electron chi connectivity index (χ4n) is 4.08. The molecule has 0 saturated carbocycles. The Bertz CT molecular complexity index is 1160. The van der Waals surface area contributed by atoms with E-state index >= 15 is 0 Å². The maximum atomic E-state index is 13.0. The van der Waals surface area contributed by atoms with Gasteiger partial charge in [-0.3, -0.25) is 13.9 Å². The van der Waals surface area contributed by atoms with Crippen molar-refractivity contribution in [3.05, 3.63) is 56.7 Å². The molecule has 3 aromatic rings. The summed E-state index contributed by atoms with van der Waals surface area (Å²) in [6, 6.07) is 10.3. The summed E-state index contributed by atoms with van der Waals surface area (Å²) in [6.45, 7) is 6.28. The van der Waals surface area contributed by atoms with E-state index in [4.69, 9.17) is 9.72 Å². The molecule has 1 saturated heterocycles. The van der Waals surface area contributed by atoms with Crippen molar-refractivity contribution in [1.29, 1.82) is 0 Å². The van der Waals surface area contributed by atoms with E-state index < -0.39 is 0 Å². The van der Waals surface area contributed by atoms with E-state index in [1.54, 1.807) is 7.05 Å². The second-order valence-electron chi connectivity index (χ2n) is 8.08. The fraction of sp³-hybridized carbons (Fsp3) is 0.500. The highest BCUT2D eigenvalue weighted by Crippen LogP contribution is 2.22. The number of benzene rings is 1. The van der Waals surface area contributed by atoms with Crippen LogP contribution in [-0.2, 0) is 31.9 Å². The zero-order valence-electron chi connectivity index (χ0n) is 18.4. The Balaban J connectivity index is 1.60. The standard InChI is InChI=1S/C22H30N6O3/c1-16-15-27(12-13-31-16)21-24-19-18(20(29)26(3)22(30)25(19)2)28(21)11-7-10-23-14-17-8-5-4-6-9-17/h4-6,8-9,16,23H,7,10-15H2,1-3H3. The van der Waals surface area contributed by atoms with E-state index in [2.05, 4.69) is 22.3 Å². The molecule has 1 aliphatic heterocycles. The van der Waals surface area contributed by atoms with Gasteiger partial charge in [-0.2, -0.15) is 4.98 Å². The van der Waals surface area contributed by atoms with Gasteiger partial charge in [0, 0.05) is 40.3 Å². The second kappa shape index (κ2) is 9.07. The maximum absolute atomic E-state index is 13.0. The predicted molar refractivity (Wildman–Crippen MR) is 121 cm³/mol. The van der Waals surface area contributed by atoms with Crippen LogP contribution in [0.3, 0.4) is 0 Å². The monoisotopic (exact) mass is 426 g/mol. The average Bonchev–Trinajstić information content (AvgIpc) is 3.16. The summed E-state index contributed by atoms with van der Waals surface area (Å²) in [5.41, 5.74) is 1.47. The third-order valence-electron chi connectivity index (χ3n) is 5.76. The van der Waals surface area contributed by atoms with Gasteiger partial charge in [-0.1, -0.05) is 30.3 Å². The lowest BCUT2D eigenvalue weighted by atomic mass is 10.2. The molecular weight excluding hydrogens is 396 g/mol. The predicted octanol–water partition coefficient (Wildman–Crippen LogP) is 0.839. The summed E-state index contributed by atoms with van der Waals surface area (Å²) in [6.07, 6.45) is 0.915. The lowest BCUT2D eigenvalue weighted by molar-refractivity contribution is 0.0524. The van der Waals surface area contributed by atoms with Gasteiger partial charge < -0.3 is 19.5 Å². The Labute approximate surface area is 180 Å². The average molecular weight is 427 g/mol. The Morgan fingerprint density at radius 1 is 1.16 bits per heavy atom. The van der Waals surface area contributed by atoms with Crippen molar-refractivity contribution in [3.63, 3.8) is 0 Å². The van der Waals surface area contributed by atoms with Crippen molar-refractivity contribution < 1.29 is 4.74 Å². The van der Waals surface area contributed by atoms with Gasteiger partial charge >= 0.3 is 5.69 Å². The number of ether oxygens (including phenoxy) is 1. The van der Waals surface area contributed by atoms with Crippen LogP contribution in [-0.4, -0.2) is 51.0 Å². The van der Waals surface area contributed by atoms with Gasteiger partial charge in [0.05, 0.1) is 12.7 Å². The van der Waals surface area contributed by atoms with Crippen LogP contribution in [0.15, 0.2) is 39.9 Å². The van der Waals surface area contributed by atoms with Crippen LogP contribution >= 0.6 is 0 Å². The maximum Gasteiger partial charge on any atom is 0.332 e. The van der Waals surface area contributed by atoms with E-state index in [1.165, 1.54) is 17.2 Å². The molecule has 166 valence electrons. The number of rotatable bonds is 7. The highest BCUT2D eigenvalue weighted by Gasteiger charge is 2.25. The first-order chi connectivity index (χ1) is 15.0. The first kappa shape index (κ1) is 21.3. The number of anilines is 1. The summed E-state index contributed by atoms with van der Waals surface area (Å²) in [4.78, 5) is 32.3. The van der Waals surface area contributed by atoms with Crippen molar-refractivity contribution in [2.24, 2.45) is 14.1 Å². The molecular formula is C22H30N6O3. The Kier molecular flexibility index (Phi) is 6.24. The van der Waals surface area contributed by atoms with Gasteiger partial charge in [-0.15, -0.1) is 0 Å². The number of aromatic nitrogens is 4. The molecule has 9 heteroatoms. The van der Waals surface area contributed by atoms with Gasteiger partial charge in [-0.05, 0) is 25.5 Å². The van der Waals surface area contributed by atoms with E-state index in [-0.39, 0.29) is 17.4 Å². The summed E-state index contributed by atoms with van der Waals surface area (Å²) in [7, 11) is 3.17. The normalized spacial score (nSPS) is 16.9. The fourth-order valence-corrected chi connectivity index (χ4v) is 4.08. The molecule has 0 amide bonds. The molecule has 0 bridgehead atoms. The van der Waals surface area contributed by atoms with Crippen molar-refractivity contribution in [3.8, 4) is 0 Å². The first-order valence-corrected chi connectivity index (χ1v) is 10.7. The molecule has 1 fully saturated rings. The molecule has 9 nitrogen and oxygen atoms in total. The molecule has 1 atom stereocenters. The van der Waals surface area contributed by atoms with Gasteiger partial charge in [0.1, 0.15) is 0 Å². The Morgan fingerprint density at radius 3 is 2.68 bits per heavy atom. The van der Waals surface area contributed by atoms with Crippen LogP contribution in [0.2, 0.25) is 0 Å². The van der Waals surface area contributed by atoms with E-state index in [0.29, 0.717) is 37.4 Å². The molecule has 2 aromatic heterocycles. The molecule has 0 radical (unpaired) electrons. The van der Waals surface area contributed by atoms with Crippen LogP contribution in [0.1, 0.15) is 18.9 Å². The molecule has 4 rings (SSSR count). The topological polar surface area (TPSA) is 86.3 Å². The molecule has 31 heavy (non-hydrogen) atoms. The van der Waals surface area contributed by atoms with Crippen LogP contribution in [0, 0.1) is 0 Å². The van der Waals surface area contributed by atoms with E-state index in [1.807, 2.05) is 29.7 Å². The highest BCUT2D eigenvalue weighted by molar-refractivity contribution is 5.74. The Hall–Kier alpha value is -2.91. The molecule has 1 aromatic carbocycles. The van der Waals surface area contributed by atoms with E-state index in [0.717, 1.165) is 30.0 Å². The number of aryl methyl sites for hydroxylation is 2. The van der Waals surface area contributed by atoms with Crippen molar-refractivity contribution in [2.75, 3.05) is 31.1 Å². The number of fused-ring (bicyclic) bond motifs is 1. The van der Waals surface area contributed by atoms with Crippen molar-refractivity contribution in [1.82, 2.24) is 24.0 Å². The highest BCUT2D eigenvalue weighted by atomic mass is 16.5. The molecule has 3 heterocycles. The zero-order valence-corrected chi connectivity index (χ0v) is 18.4. The second-order valence-corrected chi connectivity index (χ2v) is 8.08. The van der Waals surface area contributed by atoms with Gasteiger partial charge in [-0.25, -0.2) is 4.79 Å². The van der Waals surface area contributed by atoms with E-state index in [9.17, 15) is 9.59 Å². The summed E-state index contributed by atoms with van der Waals surface area (Å²) in [5, 5.41) is 3.46. The lowest BCUT2D eigenvalue weighted by Crippen LogP contribution is -2.42. The molecule has 0 spiro atoms. The summed E-state index contributed by atoms with van der Waals surface area (Å²) < 4.78 is 10.3. The zero-order chi connectivity index (χ0) is 22.0. The van der Waals surface area contributed by atoms with Gasteiger partial charge in [0.15, 0.2) is 11.2 Å². The summed E-state index contributed by atoms with van der Waals surface area (Å²) in [5.74, 6) is 0.728. The summed E-state index contributed by atoms with van der Waals surface area (Å²) >= 11 is 0. The van der Waals surface area contributed by atoms with Crippen LogP contribution < -0.4 is 21.5 Å². The minimum absolute atomic E-state index is 0.0844. The molecule has 1 unspecified atom stereocenters. The molecule has 1 N–H and O–H groups in total. The smallest absolute Gasteiger partial charge is 0.332 e. The third kappa shape index (κ3) is 4.28. The van der Waals surface area contributed by atoms with Crippen LogP contribution in [0.25, 0.3) is 11.2 Å². The molecule has 0 aliphatic carbocycles. The number of nitrogens with zero attached hydrogens (tertiary/aromatic N) is 5. The first-order valence-electron chi connectivity index (χ1n) is 10.7. The number of hydrogen-bond donors (Lipinski definition) is 1. The minimum atomic E-state index is -0.367. The van der Waals surface area contributed by atoms with Crippen LogP contribution in [0.4, 0.5) is 5.95 Å². The third-order valence-corrected chi connectivity index (χ3v) is 5.76. The SMILES string of the molecule is CC1CN(c2nc3c(c(=O)n(C)c(=O)n3C)n2CCCNCc2ccccc2)CCO1. The van der Waals surface area contributed by atoms with Gasteiger partial charge in [0.25, 0.3) is 5.56 Å². The number of morpholine rings is 1. The lowest BCUT2D eigenvalue weighted by Gasteiger charge is -2.32. The minimum Gasteiger partial charge on any atom is -0.375 e. The Morgan fingerprint density at radius 2 is 1.94 bits per heavy atom. The number of nitrogens with one attached hydrogen (secondary N) is 1. The van der Waals surface area contributed by atoms with Crippen molar-refractivity contribution >= 4 is 17.1 Å². The molecule has 1 aliphatic rings. The van der Waals surface area contributed by atoms with Gasteiger partial charge in [0.2, 0.25) is 5.95 Å².